The van der Waals surface area contributed by atoms with Gasteiger partial charge in [0.25, 0.3) is 0 Å². The molecule has 1 fully saturated rings. The Morgan fingerprint density at radius 2 is 0.864 bits per heavy atom. The SMILES string of the molecule is CCCCCCCC[C@@H]1CCCC[C@@H]1CCCCCCCC. The topological polar surface area (TPSA) is 0 Å². The average Bonchev–Trinajstić information content (AvgIpc) is 2.55. The molecule has 0 aliphatic heterocycles. The summed E-state index contributed by atoms with van der Waals surface area (Å²) < 4.78 is 0. The zero-order valence-electron chi connectivity index (χ0n) is 15.9. The fourth-order valence-electron chi connectivity index (χ4n) is 4.42. The Morgan fingerprint density at radius 1 is 0.500 bits per heavy atom. The lowest BCUT2D eigenvalue weighted by atomic mass is 9.74. The van der Waals surface area contributed by atoms with Crippen LogP contribution in [-0.2, 0) is 0 Å². The molecule has 132 valence electrons. The molecular formula is C22H44. The van der Waals surface area contributed by atoms with E-state index >= 15 is 0 Å². The fourth-order valence-corrected chi connectivity index (χ4v) is 4.42. The molecular weight excluding hydrogens is 264 g/mol. The van der Waals surface area contributed by atoms with Crippen molar-refractivity contribution in [1.82, 2.24) is 0 Å². The molecule has 0 saturated heterocycles. The maximum atomic E-state index is 2.31. The highest BCUT2D eigenvalue weighted by Gasteiger charge is 2.23. The van der Waals surface area contributed by atoms with E-state index in [4.69, 9.17) is 0 Å². The lowest BCUT2D eigenvalue weighted by molar-refractivity contribution is 0.202. The molecule has 22 heavy (non-hydrogen) atoms. The summed E-state index contributed by atoms with van der Waals surface area (Å²) >= 11 is 0. The van der Waals surface area contributed by atoms with Crippen molar-refractivity contribution in [2.75, 3.05) is 0 Å². The molecule has 0 aromatic rings. The second kappa shape index (κ2) is 14.6. The minimum atomic E-state index is 1.09. The summed E-state index contributed by atoms with van der Waals surface area (Å²) in [4.78, 5) is 0. The van der Waals surface area contributed by atoms with Crippen LogP contribution in [-0.4, -0.2) is 0 Å². The van der Waals surface area contributed by atoms with Crippen molar-refractivity contribution in [3.8, 4) is 0 Å². The Balaban J connectivity index is 2.06. The van der Waals surface area contributed by atoms with Gasteiger partial charge < -0.3 is 0 Å². The maximum absolute atomic E-state index is 2.31. The van der Waals surface area contributed by atoms with Crippen LogP contribution in [0.3, 0.4) is 0 Å². The van der Waals surface area contributed by atoms with Crippen molar-refractivity contribution in [3.05, 3.63) is 0 Å². The first kappa shape index (κ1) is 20.0. The van der Waals surface area contributed by atoms with E-state index in [1.165, 1.54) is 89.9 Å². The first-order valence-corrected chi connectivity index (χ1v) is 10.9. The third-order valence-electron chi connectivity index (χ3n) is 5.92. The van der Waals surface area contributed by atoms with E-state index in [-0.39, 0.29) is 0 Å². The minimum absolute atomic E-state index is 1.09. The van der Waals surface area contributed by atoms with E-state index in [2.05, 4.69) is 13.8 Å². The molecule has 2 atom stereocenters. The van der Waals surface area contributed by atoms with Gasteiger partial charge in [-0.1, -0.05) is 129 Å². The van der Waals surface area contributed by atoms with Crippen LogP contribution >= 0.6 is 0 Å². The lowest BCUT2D eigenvalue weighted by Crippen LogP contribution is -2.19. The van der Waals surface area contributed by atoms with Gasteiger partial charge in [0.05, 0.1) is 0 Å². The molecule has 0 amide bonds. The molecule has 0 N–H and O–H groups in total. The molecule has 1 saturated carbocycles. The summed E-state index contributed by atoms with van der Waals surface area (Å²) in [5.41, 5.74) is 0. The average molecular weight is 309 g/mol. The normalized spacial score (nSPS) is 22.1. The van der Waals surface area contributed by atoms with Crippen molar-refractivity contribution in [3.63, 3.8) is 0 Å². The van der Waals surface area contributed by atoms with Gasteiger partial charge in [-0.15, -0.1) is 0 Å². The summed E-state index contributed by atoms with van der Waals surface area (Å²) in [5, 5.41) is 0. The van der Waals surface area contributed by atoms with Crippen molar-refractivity contribution in [1.29, 1.82) is 0 Å². The van der Waals surface area contributed by atoms with E-state index in [0.717, 1.165) is 11.8 Å². The van der Waals surface area contributed by atoms with Crippen LogP contribution in [0, 0.1) is 11.8 Å². The zero-order valence-corrected chi connectivity index (χ0v) is 15.9. The largest absolute Gasteiger partial charge is 0.0654 e. The van der Waals surface area contributed by atoms with Crippen molar-refractivity contribution < 1.29 is 0 Å². The Hall–Kier alpha value is 0. The predicted molar refractivity (Wildman–Crippen MR) is 101 cm³/mol. The van der Waals surface area contributed by atoms with E-state index in [0.29, 0.717) is 0 Å². The second-order valence-corrected chi connectivity index (χ2v) is 7.92. The molecule has 1 aliphatic rings. The lowest BCUT2D eigenvalue weighted by Gasteiger charge is -2.32. The smallest absolute Gasteiger partial charge is 0.0386 e. The van der Waals surface area contributed by atoms with Crippen molar-refractivity contribution >= 4 is 0 Å². The number of unbranched alkanes of at least 4 members (excludes halogenated alkanes) is 10. The highest BCUT2D eigenvalue weighted by Crippen LogP contribution is 2.36. The Labute approximate surface area is 141 Å². The van der Waals surface area contributed by atoms with Crippen LogP contribution in [0.4, 0.5) is 0 Å². The Morgan fingerprint density at radius 3 is 1.27 bits per heavy atom. The molecule has 0 aromatic carbocycles. The number of hydrogen-bond donors (Lipinski definition) is 0. The molecule has 1 aliphatic carbocycles. The van der Waals surface area contributed by atoms with Gasteiger partial charge in [0.15, 0.2) is 0 Å². The standard InChI is InChI=1S/C22H44/c1-3-5-7-9-11-13-17-21-19-15-16-20-22(21)18-14-12-10-8-6-4-2/h21-22H,3-20H2,1-2H3/t21-,22+. The summed E-state index contributed by atoms with van der Waals surface area (Å²) in [6.07, 6.45) is 26.9. The van der Waals surface area contributed by atoms with Gasteiger partial charge in [-0.3, -0.25) is 0 Å². The second-order valence-electron chi connectivity index (χ2n) is 7.92. The van der Waals surface area contributed by atoms with Crippen LogP contribution in [0.2, 0.25) is 0 Å². The Kier molecular flexibility index (Phi) is 13.3. The van der Waals surface area contributed by atoms with E-state index < -0.39 is 0 Å². The van der Waals surface area contributed by atoms with E-state index in [9.17, 15) is 0 Å². The van der Waals surface area contributed by atoms with Crippen LogP contribution in [0.1, 0.15) is 129 Å². The fraction of sp³-hybridized carbons (Fsp3) is 1.00. The highest BCUT2D eigenvalue weighted by molar-refractivity contribution is 4.75. The van der Waals surface area contributed by atoms with Gasteiger partial charge in [0.1, 0.15) is 0 Å². The van der Waals surface area contributed by atoms with Crippen molar-refractivity contribution in [2.45, 2.75) is 129 Å². The van der Waals surface area contributed by atoms with E-state index in [1.54, 1.807) is 25.7 Å². The van der Waals surface area contributed by atoms with Crippen molar-refractivity contribution in [2.24, 2.45) is 11.8 Å². The zero-order chi connectivity index (χ0) is 15.9. The van der Waals surface area contributed by atoms with Gasteiger partial charge in [-0.05, 0) is 11.8 Å². The van der Waals surface area contributed by atoms with Crippen LogP contribution in [0.25, 0.3) is 0 Å². The molecule has 0 heterocycles. The number of rotatable bonds is 14. The third kappa shape index (κ3) is 9.90. The molecule has 0 heteroatoms. The third-order valence-corrected chi connectivity index (χ3v) is 5.92. The molecule has 0 unspecified atom stereocenters. The van der Waals surface area contributed by atoms with Gasteiger partial charge in [-0.25, -0.2) is 0 Å². The molecule has 0 bridgehead atoms. The van der Waals surface area contributed by atoms with Gasteiger partial charge in [0, 0.05) is 0 Å². The summed E-state index contributed by atoms with van der Waals surface area (Å²) in [6.45, 7) is 4.63. The first-order chi connectivity index (χ1) is 10.9. The van der Waals surface area contributed by atoms with Gasteiger partial charge in [0.2, 0.25) is 0 Å². The number of hydrogen-bond acceptors (Lipinski definition) is 0. The molecule has 0 nitrogen and oxygen atoms in total. The summed E-state index contributed by atoms with van der Waals surface area (Å²) in [6, 6.07) is 0. The summed E-state index contributed by atoms with van der Waals surface area (Å²) in [7, 11) is 0. The Bertz CT molecular complexity index is 196. The molecule has 0 radical (unpaired) electrons. The van der Waals surface area contributed by atoms with Crippen LogP contribution in [0.5, 0.6) is 0 Å². The first-order valence-electron chi connectivity index (χ1n) is 10.9. The summed E-state index contributed by atoms with van der Waals surface area (Å²) in [5.74, 6) is 2.19. The molecule has 1 rings (SSSR count). The van der Waals surface area contributed by atoms with E-state index in [1.807, 2.05) is 0 Å². The van der Waals surface area contributed by atoms with Crippen LogP contribution in [0.15, 0.2) is 0 Å². The van der Waals surface area contributed by atoms with Gasteiger partial charge in [-0.2, -0.15) is 0 Å². The predicted octanol–water partition coefficient (Wildman–Crippen LogP) is 8.29. The van der Waals surface area contributed by atoms with Gasteiger partial charge >= 0.3 is 0 Å². The molecule has 0 aromatic heterocycles. The maximum Gasteiger partial charge on any atom is -0.0386 e. The quantitative estimate of drug-likeness (QED) is 0.283. The monoisotopic (exact) mass is 308 g/mol. The minimum Gasteiger partial charge on any atom is -0.0654 e. The molecule has 0 spiro atoms. The highest BCUT2D eigenvalue weighted by atomic mass is 14.3. The van der Waals surface area contributed by atoms with Crippen LogP contribution < -0.4 is 0 Å².